The first-order chi connectivity index (χ1) is 25.7. The van der Waals surface area contributed by atoms with Crippen molar-refractivity contribution in [2.24, 2.45) is 0 Å². The Bertz CT molecular complexity index is 1940. The van der Waals surface area contributed by atoms with Crippen molar-refractivity contribution < 1.29 is 38.1 Å². The van der Waals surface area contributed by atoms with Crippen molar-refractivity contribution in [1.29, 1.82) is 0 Å². The first-order valence-electron chi connectivity index (χ1n) is 16.8. The number of hydrogen-bond acceptors (Lipinski definition) is 13. The van der Waals surface area contributed by atoms with E-state index in [2.05, 4.69) is 20.9 Å². The number of alkyl halides is 1. The number of esters is 3. The average Bonchev–Trinajstić information content (AvgIpc) is 3.81. The Hall–Kier alpha value is -4.63. The molecule has 0 bridgehead atoms. The Morgan fingerprint density at radius 1 is 0.679 bits per heavy atom. The minimum absolute atomic E-state index is 0.0173. The minimum atomic E-state index is -0.430. The van der Waals surface area contributed by atoms with Gasteiger partial charge in [0.2, 0.25) is 0 Å². The molecular formula is C39H42BrN3O8S2. The molecule has 0 saturated heterocycles. The van der Waals surface area contributed by atoms with Gasteiger partial charge in [0.25, 0.3) is 0 Å². The van der Waals surface area contributed by atoms with Gasteiger partial charge in [-0.1, -0.05) is 82.7 Å². The van der Waals surface area contributed by atoms with Crippen molar-refractivity contribution >= 4 is 56.5 Å². The topological polar surface area (TPSA) is 126 Å². The molecule has 0 aliphatic carbocycles. The molecule has 0 spiro atoms. The van der Waals surface area contributed by atoms with Gasteiger partial charge in [0, 0.05) is 41.2 Å². The van der Waals surface area contributed by atoms with E-state index in [-0.39, 0.29) is 38.2 Å². The number of halogens is 1. The summed E-state index contributed by atoms with van der Waals surface area (Å²) in [6.45, 7) is 6.86. The van der Waals surface area contributed by atoms with E-state index in [0.29, 0.717) is 50.4 Å². The molecule has 0 amide bonds. The van der Waals surface area contributed by atoms with Crippen LogP contribution in [0.5, 0.6) is 11.5 Å². The number of benzene rings is 3. The average molecular weight is 825 g/mol. The van der Waals surface area contributed by atoms with Crippen LogP contribution in [0.2, 0.25) is 0 Å². The lowest BCUT2D eigenvalue weighted by atomic mass is 10.1. The van der Waals surface area contributed by atoms with E-state index < -0.39 is 5.97 Å². The number of carbonyl (C=O) groups is 3. The SMILES string of the molecule is CCOC(=O)CN(Cc1ccc(OC)cc1OC)Cc1nc(-c2ccccc2)sc1C(=O)OCC.CCOC(=O)c1sc(-c2ccccc2)nc1CBr. The fourth-order valence-corrected chi connectivity index (χ4v) is 7.56. The summed E-state index contributed by atoms with van der Waals surface area (Å²) >= 11 is 6.00. The molecule has 0 atom stereocenters. The highest BCUT2D eigenvalue weighted by Gasteiger charge is 2.24. The van der Waals surface area contributed by atoms with Crippen molar-refractivity contribution in [1.82, 2.24) is 14.9 Å². The van der Waals surface area contributed by atoms with Crippen LogP contribution in [0.1, 0.15) is 57.1 Å². The van der Waals surface area contributed by atoms with E-state index >= 15 is 0 Å². The van der Waals surface area contributed by atoms with Gasteiger partial charge in [-0.3, -0.25) is 9.69 Å². The maximum absolute atomic E-state index is 12.7. The van der Waals surface area contributed by atoms with Crippen molar-refractivity contribution in [3.8, 4) is 32.6 Å². The van der Waals surface area contributed by atoms with Gasteiger partial charge >= 0.3 is 17.9 Å². The lowest BCUT2D eigenvalue weighted by Crippen LogP contribution is -2.31. The fraction of sp³-hybridized carbons (Fsp3) is 0.308. The Morgan fingerprint density at radius 3 is 1.70 bits per heavy atom. The Morgan fingerprint density at radius 2 is 1.21 bits per heavy atom. The van der Waals surface area contributed by atoms with Crippen molar-refractivity contribution in [3.63, 3.8) is 0 Å². The summed E-state index contributed by atoms with van der Waals surface area (Å²) in [6.07, 6.45) is 0. The third kappa shape index (κ3) is 11.7. The molecule has 2 aromatic heterocycles. The Kier molecular flexibility index (Phi) is 16.4. The van der Waals surface area contributed by atoms with Crippen LogP contribution in [0.3, 0.4) is 0 Å². The van der Waals surface area contributed by atoms with Gasteiger partial charge in [0.05, 0.1) is 52.0 Å². The van der Waals surface area contributed by atoms with E-state index in [4.69, 9.17) is 28.7 Å². The lowest BCUT2D eigenvalue weighted by Gasteiger charge is -2.22. The number of aromatic nitrogens is 2. The van der Waals surface area contributed by atoms with Crippen LogP contribution < -0.4 is 9.47 Å². The van der Waals surface area contributed by atoms with Crippen molar-refractivity contribution in [2.75, 3.05) is 40.6 Å². The standard InChI is InChI=1S/C26H30N2O6S.C13H12BrNO2S/c1-5-33-23(29)17-28(15-19-12-13-20(31-3)14-22(19)32-4)16-21-24(26(30)34-6-2)35-25(27-21)18-10-8-7-9-11-18;1-2-17-13(16)11-10(8-14)15-12(18-11)9-6-4-3-5-7-9/h7-14H,5-6,15-17H2,1-4H3;3-7H,2,8H2,1H3. The van der Waals surface area contributed by atoms with Crippen molar-refractivity contribution in [2.45, 2.75) is 39.2 Å². The van der Waals surface area contributed by atoms with Gasteiger partial charge in [0.1, 0.15) is 31.3 Å². The highest BCUT2D eigenvalue weighted by Crippen LogP contribution is 2.32. The molecule has 0 N–H and O–H groups in total. The zero-order valence-electron chi connectivity index (χ0n) is 30.3. The van der Waals surface area contributed by atoms with Crippen LogP contribution >= 0.6 is 38.6 Å². The summed E-state index contributed by atoms with van der Waals surface area (Å²) in [4.78, 5) is 49.1. The highest BCUT2D eigenvalue weighted by atomic mass is 79.9. The molecule has 0 fully saturated rings. The zero-order chi connectivity index (χ0) is 38.2. The molecule has 2 heterocycles. The minimum Gasteiger partial charge on any atom is -0.497 e. The molecule has 5 aromatic rings. The molecule has 0 unspecified atom stereocenters. The monoisotopic (exact) mass is 823 g/mol. The van der Waals surface area contributed by atoms with E-state index in [1.165, 1.54) is 22.7 Å². The third-order valence-electron chi connectivity index (χ3n) is 7.40. The summed E-state index contributed by atoms with van der Waals surface area (Å²) in [5.74, 6) is 0.203. The molecule has 3 aromatic carbocycles. The molecule has 0 radical (unpaired) electrons. The highest BCUT2D eigenvalue weighted by molar-refractivity contribution is 9.08. The smallest absolute Gasteiger partial charge is 0.350 e. The first kappa shape index (κ1) is 41.1. The molecule has 280 valence electrons. The van der Waals surface area contributed by atoms with E-state index in [1.807, 2.05) is 77.7 Å². The normalized spacial score (nSPS) is 10.6. The Labute approximate surface area is 326 Å². The Balaban J connectivity index is 0.000000291. The summed E-state index contributed by atoms with van der Waals surface area (Å²) in [7, 11) is 3.17. The molecule has 53 heavy (non-hydrogen) atoms. The van der Waals surface area contributed by atoms with Crippen LogP contribution in [-0.2, 0) is 37.4 Å². The number of rotatable bonds is 16. The van der Waals surface area contributed by atoms with E-state index in [9.17, 15) is 14.4 Å². The zero-order valence-corrected chi connectivity index (χ0v) is 33.5. The lowest BCUT2D eigenvalue weighted by molar-refractivity contribution is -0.144. The van der Waals surface area contributed by atoms with E-state index in [1.54, 1.807) is 41.1 Å². The summed E-state index contributed by atoms with van der Waals surface area (Å²) < 4.78 is 26.3. The molecule has 14 heteroatoms. The quantitative estimate of drug-likeness (QED) is 0.0541. The number of thiazole rings is 2. The van der Waals surface area contributed by atoms with Crippen LogP contribution in [0, 0.1) is 0 Å². The molecule has 5 rings (SSSR count). The predicted molar refractivity (Wildman–Crippen MR) is 210 cm³/mol. The second kappa shape index (κ2) is 21.2. The summed E-state index contributed by atoms with van der Waals surface area (Å²) in [5.41, 5.74) is 4.05. The van der Waals surface area contributed by atoms with Gasteiger partial charge in [-0.05, 0) is 26.8 Å². The number of carbonyl (C=O) groups excluding carboxylic acids is 3. The van der Waals surface area contributed by atoms with Gasteiger partial charge < -0.3 is 23.7 Å². The van der Waals surface area contributed by atoms with Gasteiger partial charge in [-0.15, -0.1) is 22.7 Å². The maximum atomic E-state index is 12.7. The van der Waals surface area contributed by atoms with Gasteiger partial charge in [-0.2, -0.15) is 0 Å². The number of hydrogen-bond donors (Lipinski definition) is 0. The van der Waals surface area contributed by atoms with E-state index in [0.717, 1.165) is 27.4 Å². The third-order valence-corrected chi connectivity index (χ3v) is 10.2. The van der Waals surface area contributed by atoms with Gasteiger partial charge in [0.15, 0.2) is 0 Å². The predicted octanol–water partition coefficient (Wildman–Crippen LogP) is 8.45. The van der Waals surface area contributed by atoms with Crippen LogP contribution in [0.25, 0.3) is 21.1 Å². The molecule has 0 aliphatic heterocycles. The number of ether oxygens (including phenoxy) is 5. The summed E-state index contributed by atoms with van der Waals surface area (Å²) in [6, 6.07) is 25.0. The van der Waals surface area contributed by atoms with Crippen molar-refractivity contribution in [3.05, 3.63) is 106 Å². The first-order valence-corrected chi connectivity index (χ1v) is 19.6. The second-order valence-corrected chi connectivity index (χ2v) is 13.6. The number of nitrogens with zero attached hydrogens (tertiary/aromatic N) is 3. The fourth-order valence-electron chi connectivity index (χ4n) is 5.01. The molecular weight excluding hydrogens is 782 g/mol. The number of methoxy groups -OCH3 is 2. The maximum Gasteiger partial charge on any atom is 0.350 e. The van der Waals surface area contributed by atoms with Crippen LogP contribution in [0.15, 0.2) is 78.9 Å². The largest absolute Gasteiger partial charge is 0.497 e. The molecule has 11 nitrogen and oxygen atoms in total. The second-order valence-electron chi connectivity index (χ2n) is 11.0. The molecule has 0 aliphatic rings. The summed E-state index contributed by atoms with van der Waals surface area (Å²) in [5, 5.41) is 2.10. The molecule has 0 saturated carbocycles. The van der Waals surface area contributed by atoms with Crippen LogP contribution in [-0.4, -0.2) is 73.4 Å². The van der Waals surface area contributed by atoms with Gasteiger partial charge in [-0.25, -0.2) is 19.6 Å². The van der Waals surface area contributed by atoms with Crippen LogP contribution in [0.4, 0.5) is 0 Å².